The van der Waals surface area contributed by atoms with Crippen LogP contribution in [0.25, 0.3) is 22.6 Å². The molecule has 0 radical (unpaired) electrons. The minimum absolute atomic E-state index is 0.482. The Morgan fingerprint density at radius 1 is 1.30 bits per heavy atom. The van der Waals surface area contributed by atoms with Gasteiger partial charge in [0, 0.05) is 11.9 Å². The first kappa shape index (κ1) is 15.4. The van der Waals surface area contributed by atoms with Crippen LogP contribution in [0.2, 0.25) is 0 Å². The molecule has 3 heterocycles. The number of thiazole rings is 1. The Morgan fingerprint density at radius 3 is 2.91 bits per heavy atom. The van der Waals surface area contributed by atoms with E-state index in [0.29, 0.717) is 28.8 Å². The highest BCUT2D eigenvalue weighted by Crippen LogP contribution is 2.21. The van der Waals surface area contributed by atoms with E-state index in [1.807, 2.05) is 24.4 Å². The van der Waals surface area contributed by atoms with Gasteiger partial charge in [-0.05, 0) is 31.3 Å². The number of pyridine rings is 1. The first-order valence-electron chi connectivity index (χ1n) is 6.88. The SMILES string of the molecule is C=CCNC(=S)Nc1ccc2ncc(-c3csc(C)n3)nc2n1. The van der Waals surface area contributed by atoms with E-state index >= 15 is 0 Å². The zero-order valence-electron chi connectivity index (χ0n) is 12.4. The maximum absolute atomic E-state index is 5.17. The van der Waals surface area contributed by atoms with Crippen molar-refractivity contribution in [3.63, 3.8) is 0 Å². The Kier molecular flexibility index (Phi) is 4.54. The number of aromatic nitrogens is 4. The normalized spacial score (nSPS) is 10.5. The second-order valence-electron chi connectivity index (χ2n) is 4.67. The molecule has 116 valence electrons. The predicted octanol–water partition coefficient (Wildman–Crippen LogP) is 2.93. The minimum atomic E-state index is 0.482. The highest BCUT2D eigenvalue weighted by Gasteiger charge is 2.08. The van der Waals surface area contributed by atoms with Crippen LogP contribution in [0.4, 0.5) is 5.82 Å². The van der Waals surface area contributed by atoms with Crippen molar-refractivity contribution in [2.45, 2.75) is 6.92 Å². The van der Waals surface area contributed by atoms with E-state index in [1.165, 1.54) is 0 Å². The van der Waals surface area contributed by atoms with Gasteiger partial charge in [0.05, 0.1) is 11.2 Å². The molecule has 0 bridgehead atoms. The molecule has 8 heteroatoms. The molecule has 0 spiro atoms. The van der Waals surface area contributed by atoms with E-state index in [9.17, 15) is 0 Å². The third-order valence-electron chi connectivity index (χ3n) is 2.94. The smallest absolute Gasteiger partial charge is 0.180 e. The summed E-state index contributed by atoms with van der Waals surface area (Å²) in [7, 11) is 0. The van der Waals surface area contributed by atoms with Gasteiger partial charge in [-0.2, -0.15) is 0 Å². The number of nitrogens with one attached hydrogen (secondary N) is 2. The van der Waals surface area contributed by atoms with Crippen LogP contribution in [0.5, 0.6) is 0 Å². The summed E-state index contributed by atoms with van der Waals surface area (Å²) in [5.41, 5.74) is 2.78. The lowest BCUT2D eigenvalue weighted by molar-refractivity contribution is 1.06. The Morgan fingerprint density at radius 2 is 2.17 bits per heavy atom. The van der Waals surface area contributed by atoms with Gasteiger partial charge in [0.15, 0.2) is 10.8 Å². The molecule has 0 saturated heterocycles. The van der Waals surface area contributed by atoms with Crippen molar-refractivity contribution in [1.29, 1.82) is 0 Å². The molecule has 6 nitrogen and oxygen atoms in total. The van der Waals surface area contributed by atoms with Crippen molar-refractivity contribution >= 4 is 45.6 Å². The molecule has 0 aromatic carbocycles. The van der Waals surface area contributed by atoms with E-state index in [1.54, 1.807) is 23.6 Å². The summed E-state index contributed by atoms with van der Waals surface area (Å²) in [5.74, 6) is 0.611. The van der Waals surface area contributed by atoms with E-state index < -0.39 is 0 Å². The largest absolute Gasteiger partial charge is 0.359 e. The van der Waals surface area contributed by atoms with Crippen molar-refractivity contribution in [2.75, 3.05) is 11.9 Å². The number of rotatable bonds is 4. The Labute approximate surface area is 142 Å². The van der Waals surface area contributed by atoms with Gasteiger partial charge in [0.2, 0.25) is 0 Å². The summed E-state index contributed by atoms with van der Waals surface area (Å²) in [6, 6.07) is 3.66. The lowest BCUT2D eigenvalue weighted by Crippen LogP contribution is -2.28. The van der Waals surface area contributed by atoms with E-state index in [4.69, 9.17) is 12.2 Å². The van der Waals surface area contributed by atoms with Gasteiger partial charge in [-0.25, -0.2) is 15.0 Å². The van der Waals surface area contributed by atoms with Crippen LogP contribution in [-0.4, -0.2) is 31.6 Å². The topological polar surface area (TPSA) is 75.6 Å². The fourth-order valence-corrected chi connectivity index (χ4v) is 2.69. The monoisotopic (exact) mass is 342 g/mol. The van der Waals surface area contributed by atoms with Crippen LogP contribution in [0.3, 0.4) is 0 Å². The average molecular weight is 342 g/mol. The van der Waals surface area contributed by atoms with Gasteiger partial charge in [0.25, 0.3) is 0 Å². The standard InChI is InChI=1S/C15H14N6S2/c1-3-6-16-15(22)21-13-5-4-10-14(20-13)19-11(7-17-10)12-8-23-9(2)18-12/h3-5,7-8H,1,6H2,2H3,(H2,16,19,20,21,22). The molecule has 0 atom stereocenters. The van der Waals surface area contributed by atoms with Crippen LogP contribution in [-0.2, 0) is 0 Å². The fraction of sp³-hybridized carbons (Fsp3) is 0.133. The van der Waals surface area contributed by atoms with E-state index in [0.717, 1.165) is 16.2 Å². The molecule has 0 fully saturated rings. The molecule has 0 aliphatic heterocycles. The third kappa shape index (κ3) is 3.66. The van der Waals surface area contributed by atoms with Crippen LogP contribution >= 0.6 is 23.6 Å². The molecule has 2 N–H and O–H groups in total. The predicted molar refractivity (Wildman–Crippen MR) is 97.6 cm³/mol. The zero-order chi connectivity index (χ0) is 16.2. The molecular formula is C15H14N6S2. The third-order valence-corrected chi connectivity index (χ3v) is 3.96. The highest BCUT2D eigenvalue weighted by molar-refractivity contribution is 7.80. The van der Waals surface area contributed by atoms with E-state index in [-0.39, 0.29) is 0 Å². The van der Waals surface area contributed by atoms with Gasteiger partial charge in [0.1, 0.15) is 22.7 Å². The van der Waals surface area contributed by atoms with Gasteiger partial charge >= 0.3 is 0 Å². The van der Waals surface area contributed by atoms with Gasteiger partial charge in [-0.15, -0.1) is 17.9 Å². The first-order valence-corrected chi connectivity index (χ1v) is 8.16. The number of hydrogen-bond donors (Lipinski definition) is 2. The van der Waals surface area contributed by atoms with Crippen LogP contribution in [0, 0.1) is 6.92 Å². The fourth-order valence-electron chi connectivity index (χ4n) is 1.90. The summed E-state index contributed by atoms with van der Waals surface area (Å²) < 4.78 is 0. The lowest BCUT2D eigenvalue weighted by Gasteiger charge is -2.08. The zero-order valence-corrected chi connectivity index (χ0v) is 14.0. The van der Waals surface area contributed by atoms with Crippen molar-refractivity contribution in [2.24, 2.45) is 0 Å². The second-order valence-corrected chi connectivity index (χ2v) is 6.14. The summed E-state index contributed by atoms with van der Waals surface area (Å²) in [6.07, 6.45) is 3.44. The molecule has 3 aromatic rings. The first-order chi connectivity index (χ1) is 11.2. The van der Waals surface area contributed by atoms with Crippen molar-refractivity contribution in [1.82, 2.24) is 25.3 Å². The minimum Gasteiger partial charge on any atom is -0.359 e. The molecule has 0 saturated carbocycles. The summed E-state index contributed by atoms with van der Waals surface area (Å²) >= 11 is 6.75. The molecule has 0 unspecified atom stereocenters. The molecule has 0 aliphatic rings. The number of fused-ring (bicyclic) bond motifs is 1. The Balaban J connectivity index is 1.88. The number of anilines is 1. The Hall–Kier alpha value is -2.45. The van der Waals surface area contributed by atoms with Crippen LogP contribution < -0.4 is 10.6 Å². The quantitative estimate of drug-likeness (QED) is 0.558. The number of nitrogens with zero attached hydrogens (tertiary/aromatic N) is 4. The molecular weight excluding hydrogens is 328 g/mol. The maximum atomic E-state index is 5.17. The van der Waals surface area contributed by atoms with Gasteiger partial charge in [-0.1, -0.05) is 6.08 Å². The molecule has 3 rings (SSSR count). The van der Waals surface area contributed by atoms with E-state index in [2.05, 4.69) is 37.1 Å². The summed E-state index contributed by atoms with van der Waals surface area (Å²) in [6.45, 7) is 6.18. The Bertz CT molecular complexity index is 873. The van der Waals surface area contributed by atoms with Crippen LogP contribution in [0.15, 0.2) is 36.4 Å². The number of hydrogen-bond acceptors (Lipinski definition) is 6. The maximum Gasteiger partial charge on any atom is 0.180 e. The summed E-state index contributed by atoms with van der Waals surface area (Å²) in [4.78, 5) is 17.8. The van der Waals surface area contributed by atoms with Crippen LogP contribution in [0.1, 0.15) is 5.01 Å². The van der Waals surface area contributed by atoms with Gasteiger partial charge < -0.3 is 10.6 Å². The van der Waals surface area contributed by atoms with Gasteiger partial charge in [-0.3, -0.25) is 4.98 Å². The number of thiocarbonyl (C=S) groups is 1. The van der Waals surface area contributed by atoms with Crippen molar-refractivity contribution < 1.29 is 0 Å². The highest BCUT2D eigenvalue weighted by atomic mass is 32.1. The molecule has 0 aliphatic carbocycles. The average Bonchev–Trinajstić information content (AvgIpc) is 2.99. The molecule has 23 heavy (non-hydrogen) atoms. The van der Waals surface area contributed by atoms with Crippen molar-refractivity contribution in [3.05, 3.63) is 41.4 Å². The second kappa shape index (κ2) is 6.76. The van der Waals surface area contributed by atoms with Crippen molar-refractivity contribution in [3.8, 4) is 11.4 Å². The lowest BCUT2D eigenvalue weighted by atomic mass is 10.3. The number of aryl methyl sites for hydroxylation is 1. The molecule has 0 amide bonds. The summed E-state index contributed by atoms with van der Waals surface area (Å²) in [5, 5.41) is 9.43. The molecule has 3 aromatic heterocycles.